The van der Waals surface area contributed by atoms with Gasteiger partial charge >= 0.3 is 0 Å². The maximum Gasteiger partial charge on any atom is 0.243 e. The first-order valence-corrected chi connectivity index (χ1v) is 9.07. The van der Waals surface area contributed by atoms with Crippen molar-refractivity contribution in [3.63, 3.8) is 0 Å². The van der Waals surface area contributed by atoms with Crippen LogP contribution in [0, 0.1) is 5.92 Å². The van der Waals surface area contributed by atoms with Gasteiger partial charge in [-0.25, -0.2) is 0 Å². The van der Waals surface area contributed by atoms with E-state index >= 15 is 0 Å². The molecular weight excluding hydrogens is 334 g/mol. The van der Waals surface area contributed by atoms with Gasteiger partial charge in [0.1, 0.15) is 18.9 Å². The van der Waals surface area contributed by atoms with Crippen molar-refractivity contribution in [1.82, 2.24) is 25.5 Å². The van der Waals surface area contributed by atoms with E-state index in [1.807, 2.05) is 12.1 Å². The summed E-state index contributed by atoms with van der Waals surface area (Å²) in [6, 6.07) is 7.44. The lowest BCUT2D eigenvalue weighted by atomic mass is 9.86. The van der Waals surface area contributed by atoms with Crippen LogP contribution in [0.15, 0.2) is 24.3 Å². The summed E-state index contributed by atoms with van der Waals surface area (Å²) in [6.45, 7) is 2.47. The molecule has 1 saturated carbocycles. The van der Waals surface area contributed by atoms with Crippen LogP contribution in [0.1, 0.15) is 32.6 Å². The number of aromatic nitrogens is 4. The maximum absolute atomic E-state index is 12.2. The fourth-order valence-corrected chi connectivity index (χ4v) is 3.20. The van der Waals surface area contributed by atoms with Crippen LogP contribution in [0.2, 0.25) is 0 Å². The molecule has 0 aliphatic heterocycles. The number of nitrogens with zero attached hydrogens (tertiary/aromatic N) is 4. The molecule has 0 saturated heterocycles. The average molecular weight is 359 g/mol. The molecular formula is C18H25N5O3. The first kappa shape index (κ1) is 18.3. The molecule has 8 heteroatoms. The molecule has 1 amide bonds. The van der Waals surface area contributed by atoms with Crippen LogP contribution < -0.4 is 10.1 Å². The molecule has 1 heterocycles. The van der Waals surface area contributed by atoms with E-state index in [1.165, 1.54) is 17.6 Å². The summed E-state index contributed by atoms with van der Waals surface area (Å²) in [5.74, 6) is 1.55. The van der Waals surface area contributed by atoms with Crippen LogP contribution in [0.5, 0.6) is 5.75 Å². The van der Waals surface area contributed by atoms with Crippen molar-refractivity contribution < 1.29 is 14.6 Å². The number of hydrogen-bond donors (Lipinski definition) is 2. The van der Waals surface area contributed by atoms with Crippen LogP contribution >= 0.6 is 0 Å². The number of benzene rings is 1. The van der Waals surface area contributed by atoms with Crippen LogP contribution in [0.25, 0.3) is 11.4 Å². The van der Waals surface area contributed by atoms with Crippen molar-refractivity contribution in [2.45, 2.75) is 45.2 Å². The Labute approximate surface area is 152 Å². The number of aliphatic hydroxyl groups excluding tert-OH is 1. The minimum atomic E-state index is -0.0829. The van der Waals surface area contributed by atoms with Crippen LogP contribution in [-0.2, 0) is 11.3 Å². The number of hydrogen-bond acceptors (Lipinski definition) is 6. The summed E-state index contributed by atoms with van der Waals surface area (Å²) >= 11 is 0. The van der Waals surface area contributed by atoms with Crippen LogP contribution in [0.3, 0.4) is 0 Å². The summed E-state index contributed by atoms with van der Waals surface area (Å²) in [5, 5.41) is 24.1. The monoisotopic (exact) mass is 359 g/mol. The summed E-state index contributed by atoms with van der Waals surface area (Å²) in [5.41, 5.74) is 0.786. The Bertz CT molecular complexity index is 716. The topological polar surface area (TPSA) is 102 Å². The summed E-state index contributed by atoms with van der Waals surface area (Å²) in [6.07, 6.45) is 4.60. The van der Waals surface area contributed by atoms with E-state index in [4.69, 9.17) is 9.84 Å². The Morgan fingerprint density at radius 2 is 2.08 bits per heavy atom. The van der Waals surface area contributed by atoms with Crippen molar-refractivity contribution in [2.75, 3.05) is 13.2 Å². The zero-order valence-corrected chi connectivity index (χ0v) is 15.0. The van der Waals surface area contributed by atoms with E-state index in [0.29, 0.717) is 17.5 Å². The van der Waals surface area contributed by atoms with Gasteiger partial charge in [0.25, 0.3) is 0 Å². The van der Waals surface area contributed by atoms with Crippen molar-refractivity contribution in [2.24, 2.45) is 5.92 Å². The van der Waals surface area contributed by atoms with Crippen molar-refractivity contribution in [3.8, 4) is 17.1 Å². The maximum atomic E-state index is 12.2. The summed E-state index contributed by atoms with van der Waals surface area (Å²) < 4.78 is 5.32. The Kier molecular flexibility index (Phi) is 6.17. The van der Waals surface area contributed by atoms with Crippen molar-refractivity contribution in [1.29, 1.82) is 0 Å². The van der Waals surface area contributed by atoms with Gasteiger partial charge in [-0.2, -0.15) is 4.80 Å². The van der Waals surface area contributed by atoms with Gasteiger partial charge in [0.2, 0.25) is 11.7 Å². The Morgan fingerprint density at radius 1 is 1.31 bits per heavy atom. The molecule has 1 aliphatic rings. The molecule has 2 aromatic rings. The van der Waals surface area contributed by atoms with Gasteiger partial charge in [-0.05, 0) is 48.2 Å². The summed E-state index contributed by atoms with van der Waals surface area (Å²) in [7, 11) is 0. The fourth-order valence-electron chi connectivity index (χ4n) is 3.20. The van der Waals surface area contributed by atoms with Gasteiger partial charge < -0.3 is 15.2 Å². The molecule has 0 spiro atoms. The number of nitrogens with one attached hydrogen (secondary N) is 1. The van der Waals surface area contributed by atoms with E-state index in [1.54, 1.807) is 12.1 Å². The van der Waals surface area contributed by atoms with E-state index in [0.717, 1.165) is 18.4 Å². The van der Waals surface area contributed by atoms with Crippen LogP contribution in [-0.4, -0.2) is 50.5 Å². The third-order valence-corrected chi connectivity index (χ3v) is 4.67. The quantitative estimate of drug-likeness (QED) is 0.775. The number of rotatable bonds is 7. The third-order valence-electron chi connectivity index (χ3n) is 4.67. The highest BCUT2D eigenvalue weighted by atomic mass is 16.5. The minimum Gasteiger partial charge on any atom is -0.491 e. The number of amides is 1. The second kappa shape index (κ2) is 8.75. The highest BCUT2D eigenvalue weighted by Gasteiger charge is 2.23. The zero-order valence-electron chi connectivity index (χ0n) is 15.0. The number of tetrazole rings is 1. The van der Waals surface area contributed by atoms with Gasteiger partial charge in [0, 0.05) is 11.6 Å². The van der Waals surface area contributed by atoms with Crippen molar-refractivity contribution >= 4 is 5.91 Å². The number of ether oxygens (including phenoxy) is 1. The smallest absolute Gasteiger partial charge is 0.243 e. The molecule has 26 heavy (non-hydrogen) atoms. The van der Waals surface area contributed by atoms with Gasteiger partial charge in [-0.3, -0.25) is 4.79 Å². The number of aliphatic hydroxyl groups is 1. The number of carbonyl (C=O) groups is 1. The number of carbonyl (C=O) groups excluding carboxylic acids is 1. The fraction of sp³-hybridized carbons (Fsp3) is 0.556. The Hall–Kier alpha value is -2.48. The largest absolute Gasteiger partial charge is 0.491 e. The molecule has 2 atom stereocenters. The Balaban J connectivity index is 1.56. The molecule has 1 aromatic heterocycles. The molecule has 0 bridgehead atoms. The highest BCUT2D eigenvalue weighted by Crippen LogP contribution is 2.23. The molecule has 1 aromatic carbocycles. The first-order valence-electron chi connectivity index (χ1n) is 9.07. The Morgan fingerprint density at radius 3 is 2.81 bits per heavy atom. The standard InChI is InChI=1S/C18H25N5O3/c1-13-4-2-3-5-16(13)19-17(25)12-23-21-18(20-22-23)14-6-8-15(9-7-14)26-11-10-24/h6-9,13,16,24H,2-5,10-12H2,1H3,(H,19,25). The predicted octanol–water partition coefficient (Wildman–Crippen LogP) is 1.41. The van der Waals surface area contributed by atoms with Crippen LogP contribution in [0.4, 0.5) is 0 Å². The second-order valence-electron chi connectivity index (χ2n) is 6.68. The average Bonchev–Trinajstić information content (AvgIpc) is 3.10. The van der Waals surface area contributed by atoms with E-state index in [-0.39, 0.29) is 31.7 Å². The van der Waals surface area contributed by atoms with Gasteiger partial charge in [0.15, 0.2) is 0 Å². The molecule has 1 aliphatic carbocycles. The highest BCUT2D eigenvalue weighted by molar-refractivity contribution is 5.75. The van der Waals surface area contributed by atoms with E-state index in [2.05, 4.69) is 27.7 Å². The lowest BCUT2D eigenvalue weighted by molar-refractivity contribution is -0.123. The van der Waals surface area contributed by atoms with Gasteiger partial charge in [0.05, 0.1) is 6.61 Å². The molecule has 140 valence electrons. The van der Waals surface area contributed by atoms with E-state index in [9.17, 15) is 4.79 Å². The molecule has 8 nitrogen and oxygen atoms in total. The molecule has 2 N–H and O–H groups in total. The molecule has 0 radical (unpaired) electrons. The SMILES string of the molecule is CC1CCCCC1NC(=O)Cn1nnc(-c2ccc(OCCO)cc2)n1. The normalized spacial score (nSPS) is 19.9. The lowest BCUT2D eigenvalue weighted by Gasteiger charge is -2.29. The van der Waals surface area contributed by atoms with E-state index < -0.39 is 0 Å². The lowest BCUT2D eigenvalue weighted by Crippen LogP contribution is -2.42. The first-order chi connectivity index (χ1) is 12.7. The predicted molar refractivity (Wildman–Crippen MR) is 95.4 cm³/mol. The summed E-state index contributed by atoms with van der Waals surface area (Å²) in [4.78, 5) is 13.6. The zero-order chi connectivity index (χ0) is 18.4. The van der Waals surface area contributed by atoms with Gasteiger partial charge in [-0.1, -0.05) is 19.8 Å². The second-order valence-corrected chi connectivity index (χ2v) is 6.68. The molecule has 3 rings (SSSR count). The minimum absolute atomic E-state index is 0.0284. The van der Waals surface area contributed by atoms with Gasteiger partial charge in [-0.15, -0.1) is 10.2 Å². The molecule has 2 unspecified atom stereocenters. The molecule has 1 fully saturated rings. The van der Waals surface area contributed by atoms with Crippen molar-refractivity contribution in [3.05, 3.63) is 24.3 Å². The third kappa shape index (κ3) is 4.78.